The SMILES string of the molecule is CC(C)c1c(N)noc1-c1cc(Cl)cc([N+](=O)[O-])c1. The van der Waals surface area contributed by atoms with Crippen LogP contribution in [0.1, 0.15) is 25.3 Å². The molecule has 0 spiro atoms. The van der Waals surface area contributed by atoms with Gasteiger partial charge in [-0.05, 0) is 12.0 Å². The number of anilines is 1. The molecule has 0 saturated heterocycles. The van der Waals surface area contributed by atoms with E-state index < -0.39 is 4.92 Å². The average molecular weight is 282 g/mol. The lowest BCUT2D eigenvalue weighted by atomic mass is 9.99. The molecular weight excluding hydrogens is 270 g/mol. The van der Waals surface area contributed by atoms with Gasteiger partial charge in [-0.25, -0.2) is 0 Å². The van der Waals surface area contributed by atoms with Crippen molar-refractivity contribution >= 4 is 23.1 Å². The molecule has 2 rings (SSSR count). The largest absolute Gasteiger partial charge is 0.381 e. The first-order valence-corrected chi connectivity index (χ1v) is 5.98. The molecule has 1 heterocycles. The molecule has 100 valence electrons. The zero-order valence-electron chi connectivity index (χ0n) is 10.4. The molecule has 0 radical (unpaired) electrons. The van der Waals surface area contributed by atoms with Crippen molar-refractivity contribution in [3.05, 3.63) is 38.9 Å². The predicted octanol–water partition coefficient (Wildman–Crippen LogP) is 3.61. The first-order valence-electron chi connectivity index (χ1n) is 5.60. The number of nitro benzene ring substituents is 1. The normalized spacial score (nSPS) is 10.9. The molecule has 0 aliphatic rings. The molecule has 0 bridgehead atoms. The minimum absolute atomic E-state index is 0.0827. The quantitative estimate of drug-likeness (QED) is 0.685. The smallest absolute Gasteiger partial charge is 0.271 e. The van der Waals surface area contributed by atoms with Crippen LogP contribution >= 0.6 is 11.6 Å². The van der Waals surface area contributed by atoms with E-state index in [1.54, 1.807) is 6.07 Å². The van der Waals surface area contributed by atoms with Crippen LogP contribution in [0.5, 0.6) is 0 Å². The third-order valence-electron chi connectivity index (χ3n) is 2.69. The lowest BCUT2D eigenvalue weighted by Crippen LogP contribution is -1.95. The van der Waals surface area contributed by atoms with Crippen molar-refractivity contribution in [1.82, 2.24) is 5.16 Å². The van der Waals surface area contributed by atoms with E-state index in [9.17, 15) is 10.1 Å². The summed E-state index contributed by atoms with van der Waals surface area (Å²) in [5.41, 5.74) is 6.85. The Balaban J connectivity index is 2.62. The molecule has 0 unspecified atom stereocenters. The van der Waals surface area contributed by atoms with E-state index in [1.807, 2.05) is 13.8 Å². The van der Waals surface area contributed by atoms with Gasteiger partial charge in [0.05, 0.1) is 4.92 Å². The fourth-order valence-corrected chi connectivity index (χ4v) is 2.12. The Labute approximate surface area is 114 Å². The van der Waals surface area contributed by atoms with Crippen molar-refractivity contribution in [1.29, 1.82) is 0 Å². The molecule has 7 heteroatoms. The number of nitrogens with two attached hydrogens (primary N) is 1. The topological polar surface area (TPSA) is 95.2 Å². The lowest BCUT2D eigenvalue weighted by Gasteiger charge is -2.05. The fourth-order valence-electron chi connectivity index (χ4n) is 1.89. The maximum atomic E-state index is 10.8. The summed E-state index contributed by atoms with van der Waals surface area (Å²) in [7, 11) is 0. The highest BCUT2D eigenvalue weighted by molar-refractivity contribution is 6.31. The van der Waals surface area contributed by atoms with Crippen molar-refractivity contribution in [3.63, 3.8) is 0 Å². The molecule has 0 fully saturated rings. The monoisotopic (exact) mass is 281 g/mol. The summed E-state index contributed by atoms with van der Waals surface area (Å²) in [4.78, 5) is 10.3. The second kappa shape index (κ2) is 4.89. The van der Waals surface area contributed by atoms with Gasteiger partial charge in [0, 0.05) is 28.3 Å². The Morgan fingerprint density at radius 2 is 2.11 bits per heavy atom. The molecule has 0 amide bonds. The first kappa shape index (κ1) is 13.4. The summed E-state index contributed by atoms with van der Waals surface area (Å²) in [6, 6.07) is 4.25. The van der Waals surface area contributed by atoms with Gasteiger partial charge in [0.15, 0.2) is 11.6 Å². The molecule has 19 heavy (non-hydrogen) atoms. The van der Waals surface area contributed by atoms with E-state index in [0.29, 0.717) is 11.3 Å². The Kier molecular flexibility index (Phi) is 3.44. The first-order chi connectivity index (χ1) is 8.90. The molecule has 0 atom stereocenters. The summed E-state index contributed by atoms with van der Waals surface area (Å²) >= 11 is 5.88. The summed E-state index contributed by atoms with van der Waals surface area (Å²) in [5, 5.41) is 14.8. The van der Waals surface area contributed by atoms with Crippen molar-refractivity contribution in [2.24, 2.45) is 0 Å². The van der Waals surface area contributed by atoms with Crippen LogP contribution in [-0.2, 0) is 0 Å². The van der Waals surface area contributed by atoms with Gasteiger partial charge in [-0.2, -0.15) is 0 Å². The van der Waals surface area contributed by atoms with Gasteiger partial charge in [-0.3, -0.25) is 10.1 Å². The number of non-ortho nitro benzene ring substituents is 1. The minimum Gasteiger partial charge on any atom is -0.381 e. The lowest BCUT2D eigenvalue weighted by molar-refractivity contribution is -0.384. The fraction of sp³-hybridized carbons (Fsp3) is 0.250. The Bertz CT molecular complexity index is 637. The molecule has 0 saturated carbocycles. The van der Waals surface area contributed by atoms with Gasteiger partial charge in [-0.1, -0.05) is 30.6 Å². The highest BCUT2D eigenvalue weighted by atomic mass is 35.5. The number of hydrogen-bond donors (Lipinski definition) is 1. The Morgan fingerprint density at radius 3 is 2.68 bits per heavy atom. The third kappa shape index (κ3) is 2.53. The molecule has 2 aromatic rings. The number of benzene rings is 1. The Morgan fingerprint density at radius 1 is 1.42 bits per heavy atom. The second-order valence-electron chi connectivity index (χ2n) is 4.42. The van der Waals surface area contributed by atoms with Crippen molar-refractivity contribution in [3.8, 4) is 11.3 Å². The van der Waals surface area contributed by atoms with Crippen LogP contribution in [0.25, 0.3) is 11.3 Å². The van der Waals surface area contributed by atoms with Gasteiger partial charge in [-0.15, -0.1) is 0 Å². The number of nitrogens with zero attached hydrogens (tertiary/aromatic N) is 2. The summed E-state index contributed by atoms with van der Waals surface area (Å²) in [6.45, 7) is 3.87. The van der Waals surface area contributed by atoms with E-state index in [2.05, 4.69) is 5.16 Å². The number of aromatic nitrogens is 1. The molecule has 1 aromatic heterocycles. The van der Waals surface area contributed by atoms with Crippen molar-refractivity contribution < 1.29 is 9.45 Å². The van der Waals surface area contributed by atoms with Crippen LogP contribution in [0.3, 0.4) is 0 Å². The number of halogens is 1. The minimum atomic E-state index is -0.510. The van der Waals surface area contributed by atoms with Crippen molar-refractivity contribution in [2.45, 2.75) is 19.8 Å². The number of rotatable bonds is 3. The zero-order chi connectivity index (χ0) is 14.2. The van der Waals surface area contributed by atoms with Crippen molar-refractivity contribution in [2.75, 3.05) is 5.73 Å². The van der Waals surface area contributed by atoms with Crippen LogP contribution in [0.15, 0.2) is 22.7 Å². The molecule has 0 aliphatic carbocycles. The van der Waals surface area contributed by atoms with Crippen LogP contribution in [0.2, 0.25) is 5.02 Å². The molecule has 2 N–H and O–H groups in total. The van der Waals surface area contributed by atoms with Crippen LogP contribution in [-0.4, -0.2) is 10.1 Å². The molecule has 1 aromatic carbocycles. The van der Waals surface area contributed by atoms with Crippen LogP contribution in [0, 0.1) is 10.1 Å². The van der Waals surface area contributed by atoms with E-state index in [-0.39, 0.29) is 22.4 Å². The van der Waals surface area contributed by atoms with Gasteiger partial charge in [0.2, 0.25) is 0 Å². The van der Waals surface area contributed by atoms with Gasteiger partial charge in [0.25, 0.3) is 5.69 Å². The second-order valence-corrected chi connectivity index (χ2v) is 4.86. The predicted molar refractivity (Wildman–Crippen MR) is 72.1 cm³/mol. The van der Waals surface area contributed by atoms with Gasteiger partial charge >= 0.3 is 0 Å². The number of nitrogen functional groups attached to an aromatic ring is 1. The molecular formula is C12H12ClN3O3. The highest BCUT2D eigenvalue weighted by Crippen LogP contribution is 2.36. The Hall–Kier alpha value is -2.08. The van der Waals surface area contributed by atoms with Crippen LogP contribution in [0.4, 0.5) is 11.5 Å². The summed E-state index contributed by atoms with van der Waals surface area (Å²) in [6.07, 6.45) is 0. The molecule has 0 aliphatic heterocycles. The van der Waals surface area contributed by atoms with Crippen LogP contribution < -0.4 is 5.73 Å². The summed E-state index contributed by atoms with van der Waals surface area (Å²) in [5.74, 6) is 0.782. The average Bonchev–Trinajstić information content (AvgIpc) is 2.70. The van der Waals surface area contributed by atoms with E-state index in [4.69, 9.17) is 21.9 Å². The van der Waals surface area contributed by atoms with Gasteiger partial charge < -0.3 is 10.3 Å². The summed E-state index contributed by atoms with van der Waals surface area (Å²) < 4.78 is 5.18. The standard InChI is InChI=1S/C12H12ClN3O3/c1-6(2)10-11(19-15-12(10)14)7-3-8(13)5-9(4-7)16(17)18/h3-6H,1-2H3,(H2,14,15). The third-order valence-corrected chi connectivity index (χ3v) is 2.91. The van der Waals surface area contributed by atoms with E-state index in [1.165, 1.54) is 12.1 Å². The van der Waals surface area contributed by atoms with E-state index in [0.717, 1.165) is 5.56 Å². The molecule has 6 nitrogen and oxygen atoms in total. The highest BCUT2D eigenvalue weighted by Gasteiger charge is 2.21. The number of nitro groups is 1. The number of hydrogen-bond acceptors (Lipinski definition) is 5. The van der Waals surface area contributed by atoms with Gasteiger partial charge in [0.1, 0.15) is 0 Å². The maximum Gasteiger partial charge on any atom is 0.271 e. The van der Waals surface area contributed by atoms with E-state index >= 15 is 0 Å². The maximum absolute atomic E-state index is 10.8. The zero-order valence-corrected chi connectivity index (χ0v) is 11.1.